The Balaban J connectivity index is 2.12. The minimum Gasteiger partial charge on any atom is -0.496 e. The Labute approximate surface area is 116 Å². The van der Waals surface area contributed by atoms with Crippen molar-refractivity contribution < 1.29 is 4.74 Å². The van der Waals surface area contributed by atoms with Crippen molar-refractivity contribution in [2.45, 2.75) is 38.6 Å². The summed E-state index contributed by atoms with van der Waals surface area (Å²) in [6.07, 6.45) is 2.32. The van der Waals surface area contributed by atoms with Crippen LogP contribution in [-0.2, 0) is 0 Å². The van der Waals surface area contributed by atoms with Crippen LogP contribution in [0.15, 0.2) is 18.2 Å². The van der Waals surface area contributed by atoms with Crippen LogP contribution < -0.4 is 15.8 Å². The zero-order valence-corrected chi connectivity index (χ0v) is 12.3. The van der Waals surface area contributed by atoms with E-state index < -0.39 is 0 Å². The van der Waals surface area contributed by atoms with Gasteiger partial charge in [-0.3, -0.25) is 0 Å². The summed E-state index contributed by atoms with van der Waals surface area (Å²) in [6.45, 7) is 6.63. The van der Waals surface area contributed by atoms with Crippen LogP contribution in [0.4, 0.5) is 0 Å². The number of benzene rings is 1. The van der Waals surface area contributed by atoms with E-state index in [4.69, 9.17) is 10.5 Å². The summed E-state index contributed by atoms with van der Waals surface area (Å²) in [6, 6.07) is 6.51. The van der Waals surface area contributed by atoms with Crippen molar-refractivity contribution in [1.29, 1.82) is 0 Å². The lowest BCUT2D eigenvalue weighted by Crippen LogP contribution is -2.17. The Hall–Kier alpha value is -1.06. The fourth-order valence-corrected chi connectivity index (χ4v) is 2.85. The van der Waals surface area contributed by atoms with Crippen molar-refractivity contribution in [1.82, 2.24) is 5.32 Å². The molecule has 3 N–H and O–H groups in total. The first kappa shape index (κ1) is 14.4. The van der Waals surface area contributed by atoms with Crippen LogP contribution in [0.2, 0.25) is 0 Å². The molecule has 1 saturated heterocycles. The SMILES string of the molecule is COc1ccc(C(N)CC2CCNC2)cc1C(C)C. The second-order valence-corrected chi connectivity index (χ2v) is 5.86. The molecule has 1 aliphatic heterocycles. The van der Waals surface area contributed by atoms with E-state index in [1.165, 1.54) is 17.5 Å². The maximum absolute atomic E-state index is 6.37. The number of rotatable bonds is 5. The van der Waals surface area contributed by atoms with Crippen molar-refractivity contribution in [3.8, 4) is 5.75 Å². The maximum atomic E-state index is 6.37. The molecule has 0 aliphatic carbocycles. The maximum Gasteiger partial charge on any atom is 0.122 e. The molecule has 0 saturated carbocycles. The van der Waals surface area contributed by atoms with Gasteiger partial charge in [-0.15, -0.1) is 0 Å². The van der Waals surface area contributed by atoms with Gasteiger partial charge in [-0.05, 0) is 55.0 Å². The normalized spacial score (nSPS) is 20.8. The Morgan fingerprint density at radius 2 is 2.21 bits per heavy atom. The van der Waals surface area contributed by atoms with Crippen LogP contribution in [0.25, 0.3) is 0 Å². The highest BCUT2D eigenvalue weighted by molar-refractivity contribution is 5.40. The van der Waals surface area contributed by atoms with Crippen molar-refractivity contribution in [3.05, 3.63) is 29.3 Å². The van der Waals surface area contributed by atoms with E-state index in [-0.39, 0.29) is 6.04 Å². The largest absolute Gasteiger partial charge is 0.496 e. The fourth-order valence-electron chi connectivity index (χ4n) is 2.85. The second-order valence-electron chi connectivity index (χ2n) is 5.86. The average Bonchev–Trinajstić information content (AvgIpc) is 2.90. The van der Waals surface area contributed by atoms with E-state index in [0.29, 0.717) is 5.92 Å². The van der Waals surface area contributed by atoms with Gasteiger partial charge in [0.1, 0.15) is 5.75 Å². The molecule has 2 unspecified atom stereocenters. The smallest absolute Gasteiger partial charge is 0.122 e. The van der Waals surface area contributed by atoms with Gasteiger partial charge >= 0.3 is 0 Å². The predicted molar refractivity (Wildman–Crippen MR) is 79.6 cm³/mol. The van der Waals surface area contributed by atoms with Crippen molar-refractivity contribution in [2.75, 3.05) is 20.2 Å². The van der Waals surface area contributed by atoms with E-state index in [1.54, 1.807) is 7.11 Å². The zero-order valence-electron chi connectivity index (χ0n) is 12.3. The number of hydrogen-bond donors (Lipinski definition) is 2. The Bertz CT molecular complexity index is 411. The lowest BCUT2D eigenvalue weighted by atomic mass is 9.91. The standard InChI is InChI=1S/C16H26N2O/c1-11(2)14-9-13(4-5-16(14)19-3)15(17)8-12-6-7-18-10-12/h4-5,9,11-12,15,18H,6-8,10,17H2,1-3H3. The zero-order chi connectivity index (χ0) is 13.8. The van der Waals surface area contributed by atoms with Crippen molar-refractivity contribution in [3.63, 3.8) is 0 Å². The summed E-state index contributed by atoms with van der Waals surface area (Å²) < 4.78 is 5.42. The third kappa shape index (κ3) is 3.48. The number of nitrogens with two attached hydrogens (primary N) is 1. The van der Waals surface area contributed by atoms with Gasteiger partial charge in [0.2, 0.25) is 0 Å². The van der Waals surface area contributed by atoms with E-state index in [0.717, 1.165) is 31.2 Å². The number of nitrogens with one attached hydrogen (secondary N) is 1. The van der Waals surface area contributed by atoms with E-state index in [2.05, 4.69) is 37.4 Å². The lowest BCUT2D eigenvalue weighted by molar-refractivity contribution is 0.406. The molecular weight excluding hydrogens is 236 g/mol. The van der Waals surface area contributed by atoms with Crippen molar-refractivity contribution in [2.24, 2.45) is 11.7 Å². The Morgan fingerprint density at radius 3 is 2.79 bits per heavy atom. The molecule has 0 spiro atoms. The molecule has 1 heterocycles. The average molecular weight is 262 g/mol. The minimum absolute atomic E-state index is 0.133. The van der Waals surface area contributed by atoms with E-state index in [9.17, 15) is 0 Å². The first-order chi connectivity index (χ1) is 9.11. The third-order valence-corrected chi connectivity index (χ3v) is 4.05. The van der Waals surface area contributed by atoms with Gasteiger partial charge in [-0.2, -0.15) is 0 Å². The van der Waals surface area contributed by atoms with Gasteiger partial charge < -0.3 is 15.8 Å². The number of methoxy groups -OCH3 is 1. The Kier molecular flexibility index (Phi) is 4.83. The van der Waals surface area contributed by atoms with E-state index in [1.807, 2.05) is 0 Å². The molecule has 1 aromatic rings. The molecule has 3 heteroatoms. The van der Waals surface area contributed by atoms with Gasteiger partial charge in [0.25, 0.3) is 0 Å². The minimum atomic E-state index is 0.133. The molecule has 2 atom stereocenters. The lowest BCUT2D eigenvalue weighted by Gasteiger charge is -2.19. The first-order valence-electron chi connectivity index (χ1n) is 7.26. The summed E-state index contributed by atoms with van der Waals surface area (Å²) in [4.78, 5) is 0. The monoisotopic (exact) mass is 262 g/mol. The summed E-state index contributed by atoms with van der Waals surface area (Å²) in [5, 5.41) is 3.40. The van der Waals surface area contributed by atoms with Gasteiger partial charge in [0.15, 0.2) is 0 Å². The van der Waals surface area contributed by atoms with Crippen LogP contribution in [-0.4, -0.2) is 20.2 Å². The molecule has 1 fully saturated rings. The summed E-state index contributed by atoms with van der Waals surface area (Å²) >= 11 is 0. The molecule has 3 nitrogen and oxygen atoms in total. The Morgan fingerprint density at radius 1 is 1.42 bits per heavy atom. The highest BCUT2D eigenvalue weighted by Gasteiger charge is 2.19. The fraction of sp³-hybridized carbons (Fsp3) is 0.625. The van der Waals surface area contributed by atoms with Gasteiger partial charge in [0, 0.05) is 6.04 Å². The van der Waals surface area contributed by atoms with Crippen LogP contribution in [0, 0.1) is 5.92 Å². The molecule has 19 heavy (non-hydrogen) atoms. The van der Waals surface area contributed by atoms with Gasteiger partial charge in [-0.1, -0.05) is 26.0 Å². The molecule has 0 amide bonds. The summed E-state index contributed by atoms with van der Waals surface area (Å²) in [7, 11) is 1.73. The van der Waals surface area contributed by atoms with Gasteiger partial charge in [0.05, 0.1) is 7.11 Å². The predicted octanol–water partition coefficient (Wildman–Crippen LogP) is 2.82. The molecule has 0 aromatic heterocycles. The highest BCUT2D eigenvalue weighted by Crippen LogP contribution is 2.31. The van der Waals surface area contributed by atoms with Crippen LogP contribution in [0.1, 0.15) is 49.8 Å². The van der Waals surface area contributed by atoms with Crippen LogP contribution >= 0.6 is 0 Å². The molecular formula is C16H26N2O. The molecule has 0 bridgehead atoms. The number of hydrogen-bond acceptors (Lipinski definition) is 3. The first-order valence-corrected chi connectivity index (χ1v) is 7.26. The molecule has 1 aromatic carbocycles. The van der Waals surface area contributed by atoms with Crippen LogP contribution in [0.3, 0.4) is 0 Å². The number of ether oxygens (including phenoxy) is 1. The third-order valence-electron chi connectivity index (χ3n) is 4.05. The molecule has 0 radical (unpaired) electrons. The summed E-state index contributed by atoms with van der Waals surface area (Å²) in [5.41, 5.74) is 8.85. The van der Waals surface area contributed by atoms with Gasteiger partial charge in [-0.25, -0.2) is 0 Å². The second kappa shape index (κ2) is 6.40. The molecule has 106 valence electrons. The van der Waals surface area contributed by atoms with Crippen LogP contribution in [0.5, 0.6) is 5.75 Å². The van der Waals surface area contributed by atoms with Crippen molar-refractivity contribution >= 4 is 0 Å². The summed E-state index contributed by atoms with van der Waals surface area (Å²) in [5.74, 6) is 2.14. The molecule has 2 rings (SSSR count). The quantitative estimate of drug-likeness (QED) is 0.858. The highest BCUT2D eigenvalue weighted by atomic mass is 16.5. The topological polar surface area (TPSA) is 47.3 Å². The van der Waals surface area contributed by atoms with E-state index >= 15 is 0 Å². The molecule has 1 aliphatic rings.